The van der Waals surface area contributed by atoms with Gasteiger partial charge in [-0.3, -0.25) is 29.4 Å². The van der Waals surface area contributed by atoms with Gasteiger partial charge in [0, 0.05) is 25.7 Å². The van der Waals surface area contributed by atoms with Crippen LogP contribution in [-0.2, 0) is 9.59 Å². The van der Waals surface area contributed by atoms with Gasteiger partial charge < -0.3 is 10.2 Å². The third-order valence-electron chi connectivity index (χ3n) is 6.62. The van der Waals surface area contributed by atoms with Gasteiger partial charge in [0.05, 0.1) is 11.1 Å². The van der Waals surface area contributed by atoms with Gasteiger partial charge in [0.25, 0.3) is 11.8 Å². The highest BCUT2D eigenvalue weighted by atomic mass is 16.2. The summed E-state index contributed by atoms with van der Waals surface area (Å²) in [6.45, 7) is 3.09. The average molecular weight is 382 g/mol. The molecule has 146 valence electrons. The molecule has 1 aromatic carbocycles. The molecule has 2 saturated heterocycles. The van der Waals surface area contributed by atoms with Gasteiger partial charge >= 0.3 is 0 Å². The second kappa shape index (κ2) is 6.13. The number of nitrogens with one attached hydrogen (secondary N) is 2. The van der Waals surface area contributed by atoms with Gasteiger partial charge in [0.2, 0.25) is 11.8 Å². The van der Waals surface area contributed by atoms with Crippen LogP contribution in [-0.4, -0.2) is 61.3 Å². The molecule has 4 aliphatic rings. The molecule has 2 N–H and O–H groups in total. The third-order valence-corrected chi connectivity index (χ3v) is 6.62. The van der Waals surface area contributed by atoms with E-state index < -0.39 is 23.8 Å². The van der Waals surface area contributed by atoms with E-state index in [9.17, 15) is 19.2 Å². The minimum Gasteiger partial charge on any atom is -0.374 e. The number of fused-ring (bicyclic) bond motifs is 2. The van der Waals surface area contributed by atoms with Crippen molar-refractivity contribution in [2.24, 2.45) is 17.8 Å². The van der Waals surface area contributed by atoms with Gasteiger partial charge in [0.15, 0.2) is 0 Å². The molecule has 8 nitrogen and oxygen atoms in total. The molecule has 5 rings (SSSR count). The van der Waals surface area contributed by atoms with Crippen molar-refractivity contribution in [3.05, 3.63) is 29.3 Å². The molecule has 1 aromatic rings. The van der Waals surface area contributed by atoms with E-state index in [0.717, 1.165) is 42.1 Å². The van der Waals surface area contributed by atoms with Crippen LogP contribution in [0, 0.1) is 17.8 Å². The number of carbonyl (C=O) groups is 4. The second-order valence-electron chi connectivity index (χ2n) is 8.21. The Morgan fingerprint density at radius 1 is 1.07 bits per heavy atom. The molecular formula is C20H22N4O4. The molecule has 0 radical (unpaired) electrons. The molecule has 28 heavy (non-hydrogen) atoms. The Hall–Kier alpha value is -2.74. The Bertz CT molecular complexity index is 903. The molecule has 0 spiro atoms. The SMILES string of the molecule is CN(CC1[C@H]2CNC[C@@H]12)c1ccc2c(c1)C(=O)N(C1CCC(=O)NC1=O)C2=O. The third kappa shape index (κ3) is 2.55. The van der Waals surface area contributed by atoms with E-state index in [2.05, 4.69) is 15.5 Å². The van der Waals surface area contributed by atoms with Crippen LogP contribution < -0.4 is 15.5 Å². The Balaban J connectivity index is 1.35. The second-order valence-corrected chi connectivity index (χ2v) is 8.21. The van der Waals surface area contributed by atoms with Crippen LogP contribution in [0.25, 0.3) is 0 Å². The average Bonchev–Trinajstić information content (AvgIpc) is 3.01. The normalized spacial score (nSPS) is 31.0. The number of imide groups is 2. The van der Waals surface area contributed by atoms with Crippen LogP contribution in [0.1, 0.15) is 33.6 Å². The van der Waals surface area contributed by atoms with Crippen LogP contribution in [0.4, 0.5) is 5.69 Å². The summed E-state index contributed by atoms with van der Waals surface area (Å²) in [6.07, 6.45) is 0.289. The Morgan fingerprint density at radius 2 is 1.79 bits per heavy atom. The first-order chi connectivity index (χ1) is 13.5. The van der Waals surface area contributed by atoms with E-state index in [1.165, 1.54) is 0 Å². The topological polar surface area (TPSA) is 98.8 Å². The summed E-state index contributed by atoms with van der Waals surface area (Å²) in [7, 11) is 2.00. The first kappa shape index (κ1) is 17.4. The van der Waals surface area contributed by atoms with Crippen LogP contribution in [0.2, 0.25) is 0 Å². The fourth-order valence-corrected chi connectivity index (χ4v) is 4.94. The largest absolute Gasteiger partial charge is 0.374 e. The highest BCUT2D eigenvalue weighted by Gasteiger charge is 2.52. The number of nitrogens with zero attached hydrogens (tertiary/aromatic N) is 2. The van der Waals surface area contributed by atoms with Crippen molar-refractivity contribution in [3.8, 4) is 0 Å². The zero-order valence-electron chi connectivity index (χ0n) is 15.6. The quantitative estimate of drug-likeness (QED) is 0.711. The zero-order chi connectivity index (χ0) is 19.6. The maximum atomic E-state index is 12.9. The number of hydrogen-bond donors (Lipinski definition) is 2. The highest BCUT2D eigenvalue weighted by molar-refractivity contribution is 6.23. The Labute approximate surface area is 162 Å². The number of benzene rings is 1. The number of rotatable bonds is 4. The predicted octanol–water partition coefficient (Wildman–Crippen LogP) is -0.0106. The van der Waals surface area contributed by atoms with E-state index in [-0.39, 0.29) is 18.7 Å². The molecule has 1 saturated carbocycles. The van der Waals surface area contributed by atoms with Crippen molar-refractivity contribution in [1.29, 1.82) is 0 Å². The molecule has 3 heterocycles. The van der Waals surface area contributed by atoms with Gasteiger partial charge in [-0.05, 0) is 55.5 Å². The molecule has 1 aliphatic carbocycles. The Morgan fingerprint density at radius 3 is 2.50 bits per heavy atom. The fraction of sp³-hybridized carbons (Fsp3) is 0.500. The first-order valence-electron chi connectivity index (χ1n) is 9.73. The maximum Gasteiger partial charge on any atom is 0.262 e. The molecule has 0 aromatic heterocycles. The molecule has 3 fully saturated rings. The molecular weight excluding hydrogens is 360 g/mol. The van der Waals surface area contributed by atoms with Crippen LogP contribution >= 0.6 is 0 Å². The number of carbonyl (C=O) groups excluding carboxylic acids is 4. The predicted molar refractivity (Wildman–Crippen MR) is 99.7 cm³/mol. The fourth-order valence-electron chi connectivity index (χ4n) is 4.94. The highest BCUT2D eigenvalue weighted by Crippen LogP contribution is 2.49. The van der Waals surface area contributed by atoms with E-state index in [4.69, 9.17) is 0 Å². The van der Waals surface area contributed by atoms with E-state index in [1.54, 1.807) is 12.1 Å². The van der Waals surface area contributed by atoms with Crippen LogP contribution in [0.5, 0.6) is 0 Å². The minimum absolute atomic E-state index is 0.121. The van der Waals surface area contributed by atoms with E-state index in [0.29, 0.717) is 17.0 Å². The van der Waals surface area contributed by atoms with Gasteiger partial charge in [-0.1, -0.05) is 0 Å². The van der Waals surface area contributed by atoms with Crippen LogP contribution in [0.15, 0.2) is 18.2 Å². The van der Waals surface area contributed by atoms with Crippen molar-refractivity contribution in [2.45, 2.75) is 18.9 Å². The Kier molecular flexibility index (Phi) is 3.80. The lowest BCUT2D eigenvalue weighted by molar-refractivity contribution is -0.136. The van der Waals surface area contributed by atoms with Gasteiger partial charge in [-0.15, -0.1) is 0 Å². The summed E-state index contributed by atoms with van der Waals surface area (Å²) in [5.41, 5.74) is 1.54. The lowest BCUT2D eigenvalue weighted by Gasteiger charge is -2.27. The van der Waals surface area contributed by atoms with Gasteiger partial charge in [-0.2, -0.15) is 0 Å². The van der Waals surface area contributed by atoms with Crippen molar-refractivity contribution < 1.29 is 19.2 Å². The molecule has 0 bridgehead atoms. The minimum atomic E-state index is -0.926. The zero-order valence-corrected chi connectivity index (χ0v) is 15.6. The lowest BCUT2D eigenvalue weighted by atomic mass is 10.0. The molecule has 4 amide bonds. The van der Waals surface area contributed by atoms with Crippen molar-refractivity contribution in [2.75, 3.05) is 31.6 Å². The standard InChI is InChI=1S/C20H22N4O4/c1-23(9-15-13-7-21-8-14(13)15)10-2-3-11-12(6-10)20(28)24(19(11)27)16-4-5-17(25)22-18(16)26/h2-3,6,13-16,21H,4-5,7-9H2,1H3,(H,22,25,26)/t13-,14+,15?,16?. The van der Waals surface area contributed by atoms with Gasteiger partial charge in [-0.25, -0.2) is 0 Å². The molecule has 3 aliphatic heterocycles. The number of piperidine rings is 2. The summed E-state index contributed by atoms with van der Waals surface area (Å²) in [5, 5.41) is 5.61. The van der Waals surface area contributed by atoms with E-state index >= 15 is 0 Å². The monoisotopic (exact) mass is 382 g/mol. The first-order valence-corrected chi connectivity index (χ1v) is 9.73. The summed E-state index contributed by atoms with van der Waals surface area (Å²) in [5.74, 6) is 0.297. The summed E-state index contributed by atoms with van der Waals surface area (Å²) < 4.78 is 0. The van der Waals surface area contributed by atoms with Crippen LogP contribution in [0.3, 0.4) is 0 Å². The number of amides is 4. The molecule has 2 unspecified atom stereocenters. The molecule has 4 atom stereocenters. The van der Waals surface area contributed by atoms with E-state index in [1.807, 2.05) is 13.1 Å². The van der Waals surface area contributed by atoms with Crippen molar-refractivity contribution in [1.82, 2.24) is 15.5 Å². The summed E-state index contributed by atoms with van der Waals surface area (Å²) >= 11 is 0. The summed E-state index contributed by atoms with van der Waals surface area (Å²) in [4.78, 5) is 52.3. The number of hydrogen-bond acceptors (Lipinski definition) is 6. The number of anilines is 1. The maximum absolute atomic E-state index is 12.9. The molecule has 8 heteroatoms. The van der Waals surface area contributed by atoms with Crippen molar-refractivity contribution >= 4 is 29.3 Å². The smallest absolute Gasteiger partial charge is 0.262 e. The van der Waals surface area contributed by atoms with Gasteiger partial charge in [0.1, 0.15) is 6.04 Å². The lowest BCUT2D eigenvalue weighted by Crippen LogP contribution is -2.54. The summed E-state index contributed by atoms with van der Waals surface area (Å²) in [6, 6.07) is 4.35. The van der Waals surface area contributed by atoms with Crippen molar-refractivity contribution in [3.63, 3.8) is 0 Å².